The van der Waals surface area contributed by atoms with Crippen LogP contribution in [0.1, 0.15) is 42.0 Å². The molecule has 1 N–H and O–H groups in total. The van der Waals surface area contributed by atoms with Crippen LogP contribution >= 0.6 is 0 Å². The number of benzene rings is 1. The van der Waals surface area contributed by atoms with Gasteiger partial charge in [0.2, 0.25) is 5.91 Å². The number of carbonyl (C=O) groups is 1. The van der Waals surface area contributed by atoms with Crippen LogP contribution in [0.3, 0.4) is 0 Å². The van der Waals surface area contributed by atoms with Crippen molar-refractivity contribution in [2.45, 2.75) is 39.7 Å². The highest BCUT2D eigenvalue weighted by Gasteiger charge is 2.25. The number of piperazine rings is 1. The van der Waals surface area contributed by atoms with Gasteiger partial charge in [-0.1, -0.05) is 19.1 Å². The number of hydrogen-bond acceptors (Lipinski definition) is 4. The average molecular weight is 395 g/mol. The Kier molecular flexibility index (Phi) is 5.41. The number of aromatic amines is 1. The molecule has 1 aliphatic rings. The summed E-state index contributed by atoms with van der Waals surface area (Å²) in [5.41, 5.74) is 5.44. The SMILES string of the molecule is Cc1n[nH]c(C)c1C(C)CC(=O)N1CCN(Cc2nc3ccccc3n2C)CC1. The fraction of sp³-hybridized carbons (Fsp3) is 0.500. The van der Waals surface area contributed by atoms with Gasteiger partial charge in [-0.05, 0) is 37.5 Å². The number of nitrogens with one attached hydrogen (secondary N) is 1. The number of rotatable bonds is 5. The van der Waals surface area contributed by atoms with E-state index in [-0.39, 0.29) is 11.8 Å². The van der Waals surface area contributed by atoms with E-state index < -0.39 is 0 Å². The van der Waals surface area contributed by atoms with Crippen LogP contribution in [0.4, 0.5) is 0 Å². The average Bonchev–Trinajstić information content (AvgIpc) is 3.21. The molecule has 154 valence electrons. The van der Waals surface area contributed by atoms with Crippen LogP contribution < -0.4 is 0 Å². The van der Waals surface area contributed by atoms with E-state index in [1.165, 1.54) is 5.56 Å². The first-order chi connectivity index (χ1) is 13.9. The van der Waals surface area contributed by atoms with Crippen molar-refractivity contribution in [1.82, 2.24) is 29.5 Å². The van der Waals surface area contributed by atoms with Crippen molar-refractivity contribution in [2.75, 3.05) is 26.2 Å². The van der Waals surface area contributed by atoms with E-state index in [4.69, 9.17) is 4.98 Å². The Morgan fingerprint density at radius 2 is 1.90 bits per heavy atom. The number of para-hydroxylation sites is 2. The van der Waals surface area contributed by atoms with Crippen molar-refractivity contribution in [3.63, 3.8) is 0 Å². The maximum absolute atomic E-state index is 12.8. The molecule has 7 nitrogen and oxygen atoms in total. The molecule has 7 heteroatoms. The molecule has 1 atom stereocenters. The topological polar surface area (TPSA) is 70.1 Å². The third kappa shape index (κ3) is 3.92. The lowest BCUT2D eigenvalue weighted by molar-refractivity contribution is -0.133. The Morgan fingerprint density at radius 1 is 1.17 bits per heavy atom. The van der Waals surface area contributed by atoms with E-state index >= 15 is 0 Å². The van der Waals surface area contributed by atoms with Gasteiger partial charge in [-0.2, -0.15) is 5.10 Å². The smallest absolute Gasteiger partial charge is 0.223 e. The van der Waals surface area contributed by atoms with Crippen molar-refractivity contribution < 1.29 is 4.79 Å². The lowest BCUT2D eigenvalue weighted by atomic mass is 9.95. The maximum atomic E-state index is 12.8. The number of nitrogens with zero attached hydrogens (tertiary/aromatic N) is 5. The molecule has 3 heterocycles. The molecule has 0 aliphatic carbocycles. The summed E-state index contributed by atoms with van der Waals surface area (Å²) < 4.78 is 2.17. The zero-order valence-electron chi connectivity index (χ0n) is 17.8. The molecule has 1 aliphatic heterocycles. The van der Waals surface area contributed by atoms with E-state index in [1.807, 2.05) is 30.9 Å². The largest absolute Gasteiger partial charge is 0.340 e. The summed E-state index contributed by atoms with van der Waals surface area (Å²) in [6, 6.07) is 8.23. The van der Waals surface area contributed by atoms with Crippen LogP contribution in [-0.2, 0) is 18.4 Å². The van der Waals surface area contributed by atoms with Gasteiger partial charge in [0.15, 0.2) is 0 Å². The first-order valence-corrected chi connectivity index (χ1v) is 10.4. The predicted molar refractivity (Wildman–Crippen MR) is 114 cm³/mol. The van der Waals surface area contributed by atoms with Gasteiger partial charge in [-0.15, -0.1) is 0 Å². The Hall–Kier alpha value is -2.67. The number of amides is 1. The zero-order valence-corrected chi connectivity index (χ0v) is 17.8. The van der Waals surface area contributed by atoms with Crippen molar-refractivity contribution in [3.8, 4) is 0 Å². The van der Waals surface area contributed by atoms with E-state index in [0.717, 1.165) is 61.0 Å². The molecule has 0 saturated carbocycles. The van der Waals surface area contributed by atoms with E-state index in [0.29, 0.717) is 6.42 Å². The van der Waals surface area contributed by atoms with Gasteiger partial charge < -0.3 is 9.47 Å². The summed E-state index contributed by atoms with van der Waals surface area (Å²) in [5, 5.41) is 7.29. The molecule has 2 aromatic heterocycles. The van der Waals surface area contributed by atoms with E-state index in [2.05, 4.69) is 45.8 Å². The lowest BCUT2D eigenvalue weighted by Gasteiger charge is -2.35. The fourth-order valence-electron chi connectivity index (χ4n) is 4.47. The Balaban J connectivity index is 1.33. The summed E-state index contributed by atoms with van der Waals surface area (Å²) in [5.74, 6) is 1.49. The monoisotopic (exact) mass is 394 g/mol. The zero-order chi connectivity index (χ0) is 20.5. The number of imidazole rings is 1. The molecule has 1 saturated heterocycles. The molecule has 3 aromatic rings. The Labute approximate surface area is 171 Å². The molecule has 0 bridgehead atoms. The van der Waals surface area contributed by atoms with Crippen LogP contribution in [-0.4, -0.2) is 61.6 Å². The molecule has 1 amide bonds. The van der Waals surface area contributed by atoms with Gasteiger partial charge in [0.25, 0.3) is 0 Å². The number of H-pyrrole nitrogens is 1. The predicted octanol–water partition coefficient (Wildman–Crippen LogP) is 2.75. The van der Waals surface area contributed by atoms with Gasteiger partial charge in [-0.25, -0.2) is 4.98 Å². The lowest BCUT2D eigenvalue weighted by Crippen LogP contribution is -2.48. The highest BCUT2D eigenvalue weighted by atomic mass is 16.2. The highest BCUT2D eigenvalue weighted by molar-refractivity contribution is 5.77. The summed E-state index contributed by atoms with van der Waals surface area (Å²) in [7, 11) is 2.08. The minimum atomic E-state index is 0.180. The summed E-state index contributed by atoms with van der Waals surface area (Å²) in [6.45, 7) is 10.3. The minimum absolute atomic E-state index is 0.180. The second-order valence-electron chi connectivity index (χ2n) is 8.19. The molecule has 4 rings (SSSR count). The fourth-order valence-corrected chi connectivity index (χ4v) is 4.47. The third-order valence-electron chi connectivity index (χ3n) is 6.13. The van der Waals surface area contributed by atoms with Crippen molar-refractivity contribution in [2.24, 2.45) is 7.05 Å². The normalized spacial score (nSPS) is 16.5. The Morgan fingerprint density at radius 3 is 2.55 bits per heavy atom. The number of aromatic nitrogens is 4. The summed E-state index contributed by atoms with van der Waals surface area (Å²) in [4.78, 5) is 22.0. The Bertz CT molecular complexity index is 992. The van der Waals surface area contributed by atoms with Gasteiger partial charge in [0, 0.05) is 45.3 Å². The summed E-state index contributed by atoms with van der Waals surface area (Å²) >= 11 is 0. The second-order valence-corrected chi connectivity index (χ2v) is 8.19. The number of hydrogen-bond donors (Lipinski definition) is 1. The van der Waals surface area contributed by atoms with Crippen molar-refractivity contribution in [3.05, 3.63) is 47.0 Å². The van der Waals surface area contributed by atoms with Crippen molar-refractivity contribution in [1.29, 1.82) is 0 Å². The molecule has 1 fully saturated rings. The molecule has 0 radical (unpaired) electrons. The van der Waals surface area contributed by atoms with Crippen LogP contribution in [0.2, 0.25) is 0 Å². The molecular weight excluding hydrogens is 364 g/mol. The third-order valence-corrected chi connectivity index (χ3v) is 6.13. The van der Waals surface area contributed by atoms with Gasteiger partial charge in [0.05, 0.1) is 23.3 Å². The molecule has 1 aromatic carbocycles. The van der Waals surface area contributed by atoms with Crippen LogP contribution in [0.5, 0.6) is 0 Å². The highest BCUT2D eigenvalue weighted by Crippen LogP contribution is 2.25. The number of fused-ring (bicyclic) bond motifs is 1. The van der Waals surface area contributed by atoms with Gasteiger partial charge in [-0.3, -0.25) is 14.8 Å². The van der Waals surface area contributed by atoms with Gasteiger partial charge >= 0.3 is 0 Å². The second kappa shape index (κ2) is 7.99. The molecule has 1 unspecified atom stereocenters. The number of aryl methyl sites for hydroxylation is 3. The maximum Gasteiger partial charge on any atom is 0.223 e. The van der Waals surface area contributed by atoms with Crippen LogP contribution in [0.25, 0.3) is 11.0 Å². The van der Waals surface area contributed by atoms with E-state index in [1.54, 1.807) is 0 Å². The van der Waals surface area contributed by atoms with Gasteiger partial charge in [0.1, 0.15) is 5.82 Å². The quantitative estimate of drug-likeness (QED) is 0.722. The molecule has 0 spiro atoms. The number of carbonyl (C=O) groups excluding carboxylic acids is 1. The first-order valence-electron chi connectivity index (χ1n) is 10.4. The van der Waals surface area contributed by atoms with Crippen LogP contribution in [0.15, 0.2) is 24.3 Å². The molecular formula is C22H30N6O. The molecule has 29 heavy (non-hydrogen) atoms. The van der Waals surface area contributed by atoms with Crippen molar-refractivity contribution >= 4 is 16.9 Å². The summed E-state index contributed by atoms with van der Waals surface area (Å²) in [6.07, 6.45) is 0.534. The first kappa shape index (κ1) is 19.6. The standard InChI is InChI=1S/C22H30N6O/c1-15(22-16(2)24-25-17(22)3)13-21(29)28-11-9-27(10-12-28)14-20-23-18-7-5-6-8-19(18)26(20)4/h5-8,15H,9-14H2,1-4H3,(H,24,25). The minimum Gasteiger partial charge on any atom is -0.340 e. The van der Waals surface area contributed by atoms with E-state index in [9.17, 15) is 4.79 Å². The van der Waals surface area contributed by atoms with Crippen LogP contribution in [0, 0.1) is 13.8 Å².